The highest BCUT2D eigenvalue weighted by atomic mass is 35.5. The summed E-state index contributed by atoms with van der Waals surface area (Å²) >= 11 is 5.72. The lowest BCUT2D eigenvalue weighted by atomic mass is 10.1. The SMILES string of the molecule is CC(C)(C)[Si](C)(C)OCC(Cn1ccc(-c2ccc(Oc3ncc(Cl)cc3F)cc2)n1)OC(N)=O. The van der Waals surface area contributed by atoms with Crippen molar-refractivity contribution in [1.82, 2.24) is 14.8 Å². The Morgan fingerprint density at radius 2 is 1.91 bits per heavy atom. The predicted molar refractivity (Wildman–Crippen MR) is 135 cm³/mol. The van der Waals surface area contributed by atoms with E-state index in [1.807, 2.05) is 6.07 Å². The zero-order valence-corrected chi connectivity index (χ0v) is 22.2. The molecule has 0 spiro atoms. The maximum absolute atomic E-state index is 13.9. The molecule has 1 amide bonds. The molecule has 188 valence electrons. The van der Waals surface area contributed by atoms with Gasteiger partial charge in [-0.05, 0) is 54.5 Å². The maximum atomic E-state index is 13.9. The first-order valence-corrected chi connectivity index (χ1v) is 14.4. The number of hydrogen-bond donors (Lipinski definition) is 1. The molecule has 2 heterocycles. The van der Waals surface area contributed by atoms with Gasteiger partial charge >= 0.3 is 6.09 Å². The molecule has 3 rings (SSSR count). The van der Waals surface area contributed by atoms with Gasteiger partial charge in [-0.15, -0.1) is 0 Å². The first kappa shape index (κ1) is 26.6. The van der Waals surface area contributed by atoms with E-state index in [4.69, 9.17) is 31.2 Å². The zero-order chi connectivity index (χ0) is 25.8. The minimum Gasteiger partial charge on any atom is -0.442 e. The quantitative estimate of drug-likeness (QED) is 0.346. The standard InChI is InChI=1S/C24H30ClFN4O4Si/c1-24(2,3)35(4,5)32-15-19(34-23(27)31)14-30-11-10-21(29-30)16-6-8-18(9-7-16)33-22-20(26)12-17(25)13-28-22/h6-13,19H,14-15H2,1-5H3,(H2,27,31). The van der Waals surface area contributed by atoms with Gasteiger partial charge in [-0.1, -0.05) is 32.4 Å². The van der Waals surface area contributed by atoms with E-state index in [0.29, 0.717) is 18.0 Å². The van der Waals surface area contributed by atoms with E-state index >= 15 is 0 Å². The van der Waals surface area contributed by atoms with Crippen molar-refractivity contribution in [1.29, 1.82) is 0 Å². The van der Waals surface area contributed by atoms with Crippen LogP contribution >= 0.6 is 11.6 Å². The average molecular weight is 521 g/mol. The fourth-order valence-corrected chi connectivity index (χ4v) is 4.09. The molecule has 35 heavy (non-hydrogen) atoms. The van der Waals surface area contributed by atoms with Crippen LogP contribution < -0.4 is 10.5 Å². The lowest BCUT2D eigenvalue weighted by Gasteiger charge is -2.37. The molecule has 0 radical (unpaired) electrons. The summed E-state index contributed by atoms with van der Waals surface area (Å²) in [5.41, 5.74) is 6.80. The summed E-state index contributed by atoms with van der Waals surface area (Å²) in [6.45, 7) is 11.2. The van der Waals surface area contributed by atoms with Gasteiger partial charge in [0.25, 0.3) is 5.88 Å². The number of nitrogens with two attached hydrogens (primary N) is 1. The summed E-state index contributed by atoms with van der Waals surface area (Å²) in [6, 6.07) is 9.96. The second kappa shape index (κ2) is 10.8. The van der Waals surface area contributed by atoms with Crippen LogP contribution in [0.1, 0.15) is 20.8 Å². The van der Waals surface area contributed by atoms with Crippen molar-refractivity contribution in [2.75, 3.05) is 6.61 Å². The molecule has 8 nitrogen and oxygen atoms in total. The van der Waals surface area contributed by atoms with Crippen molar-refractivity contribution in [2.24, 2.45) is 5.73 Å². The summed E-state index contributed by atoms with van der Waals surface area (Å²) in [7, 11) is -2.03. The number of hydrogen-bond acceptors (Lipinski definition) is 6. The Hall–Kier alpha value is -2.95. The minimum absolute atomic E-state index is 0.0222. The van der Waals surface area contributed by atoms with Crippen molar-refractivity contribution in [3.63, 3.8) is 0 Å². The molecule has 0 bridgehead atoms. The predicted octanol–water partition coefficient (Wildman–Crippen LogP) is 6.02. The Balaban J connectivity index is 1.67. The third kappa shape index (κ3) is 7.27. The number of benzene rings is 1. The van der Waals surface area contributed by atoms with Crippen LogP contribution in [-0.2, 0) is 15.7 Å². The molecule has 1 aromatic carbocycles. The molecule has 11 heteroatoms. The Morgan fingerprint density at radius 3 is 2.51 bits per heavy atom. The number of carbonyl (C=O) groups is 1. The van der Waals surface area contributed by atoms with Crippen LogP contribution in [0.3, 0.4) is 0 Å². The van der Waals surface area contributed by atoms with E-state index in [9.17, 15) is 9.18 Å². The van der Waals surface area contributed by atoms with Crippen LogP contribution in [0, 0.1) is 5.82 Å². The second-order valence-corrected chi connectivity index (χ2v) is 14.9. The summed E-state index contributed by atoms with van der Waals surface area (Å²) in [5, 5.41) is 4.78. The van der Waals surface area contributed by atoms with Crippen molar-refractivity contribution in [2.45, 2.75) is 51.6 Å². The number of aromatic nitrogens is 3. The lowest BCUT2D eigenvalue weighted by molar-refractivity contribution is 0.0548. The van der Waals surface area contributed by atoms with Gasteiger partial charge in [-0.3, -0.25) is 4.68 Å². The number of ether oxygens (including phenoxy) is 2. The van der Waals surface area contributed by atoms with E-state index in [2.05, 4.69) is 43.9 Å². The van der Waals surface area contributed by atoms with E-state index in [1.165, 1.54) is 6.20 Å². The van der Waals surface area contributed by atoms with Crippen LogP contribution in [0.15, 0.2) is 48.8 Å². The summed E-state index contributed by atoms with van der Waals surface area (Å²) in [6.07, 6.45) is 1.67. The van der Waals surface area contributed by atoms with E-state index < -0.39 is 26.3 Å². The van der Waals surface area contributed by atoms with E-state index in [1.54, 1.807) is 35.1 Å². The molecule has 1 atom stereocenters. The largest absolute Gasteiger partial charge is 0.442 e. The Bertz CT molecular complexity index is 1170. The molecule has 0 aliphatic heterocycles. The van der Waals surface area contributed by atoms with Crippen molar-refractivity contribution in [3.8, 4) is 22.9 Å². The second-order valence-electron chi connectivity index (χ2n) is 9.62. The molecule has 1 unspecified atom stereocenters. The molecule has 0 fully saturated rings. The Kier molecular flexibility index (Phi) is 8.19. The molecule has 2 aromatic heterocycles. The van der Waals surface area contributed by atoms with Gasteiger partial charge in [0.1, 0.15) is 11.9 Å². The van der Waals surface area contributed by atoms with Gasteiger partial charge in [0.05, 0.1) is 23.9 Å². The van der Waals surface area contributed by atoms with Gasteiger partial charge in [-0.2, -0.15) is 5.10 Å². The third-order valence-corrected chi connectivity index (χ3v) is 10.6. The first-order chi connectivity index (χ1) is 16.3. The molecule has 0 saturated carbocycles. The minimum atomic E-state index is -2.03. The first-order valence-electron chi connectivity index (χ1n) is 11.1. The van der Waals surface area contributed by atoms with Crippen LogP contribution in [0.5, 0.6) is 11.6 Å². The topological polar surface area (TPSA) is 101 Å². The maximum Gasteiger partial charge on any atom is 0.404 e. The van der Waals surface area contributed by atoms with Crippen LogP contribution in [-0.4, -0.2) is 41.9 Å². The zero-order valence-electron chi connectivity index (χ0n) is 20.4. The number of pyridine rings is 1. The molecule has 0 saturated heterocycles. The monoisotopic (exact) mass is 520 g/mol. The number of amides is 1. The highest BCUT2D eigenvalue weighted by Crippen LogP contribution is 2.36. The number of carbonyl (C=O) groups excluding carboxylic acids is 1. The summed E-state index contributed by atoms with van der Waals surface area (Å²) in [5.74, 6) is -0.392. The van der Waals surface area contributed by atoms with Gasteiger partial charge in [0.15, 0.2) is 14.1 Å². The fourth-order valence-electron chi connectivity index (χ4n) is 2.91. The molecular weight excluding hydrogens is 491 g/mol. The Labute approximate surface area is 210 Å². The smallest absolute Gasteiger partial charge is 0.404 e. The third-order valence-electron chi connectivity index (χ3n) is 5.89. The van der Waals surface area contributed by atoms with Gasteiger partial charge in [-0.25, -0.2) is 14.2 Å². The highest BCUT2D eigenvalue weighted by Gasteiger charge is 2.38. The summed E-state index contributed by atoms with van der Waals surface area (Å²) < 4.78 is 32.6. The summed E-state index contributed by atoms with van der Waals surface area (Å²) in [4.78, 5) is 15.3. The fraction of sp³-hybridized carbons (Fsp3) is 0.375. The lowest BCUT2D eigenvalue weighted by Crippen LogP contribution is -2.44. The number of rotatable bonds is 9. The molecule has 3 aromatic rings. The van der Waals surface area contributed by atoms with Crippen LogP contribution in [0.2, 0.25) is 23.2 Å². The van der Waals surface area contributed by atoms with Gasteiger partial charge in [0, 0.05) is 18.0 Å². The highest BCUT2D eigenvalue weighted by molar-refractivity contribution is 6.74. The van der Waals surface area contributed by atoms with Crippen LogP contribution in [0.4, 0.5) is 9.18 Å². The normalized spacial score (nSPS) is 12.9. The number of nitrogens with zero attached hydrogens (tertiary/aromatic N) is 3. The number of primary amides is 1. The van der Waals surface area contributed by atoms with Crippen molar-refractivity contribution < 1.29 is 23.1 Å². The number of halogens is 2. The van der Waals surface area contributed by atoms with Gasteiger partial charge in [0.2, 0.25) is 0 Å². The molecule has 2 N–H and O–H groups in total. The van der Waals surface area contributed by atoms with Crippen molar-refractivity contribution >= 4 is 26.0 Å². The molecule has 0 aliphatic rings. The molecule has 0 aliphatic carbocycles. The van der Waals surface area contributed by atoms with Crippen LogP contribution in [0.25, 0.3) is 11.3 Å². The average Bonchev–Trinajstić information content (AvgIpc) is 3.22. The van der Waals surface area contributed by atoms with Crippen molar-refractivity contribution in [3.05, 3.63) is 59.6 Å². The van der Waals surface area contributed by atoms with E-state index in [0.717, 1.165) is 11.6 Å². The Morgan fingerprint density at radius 1 is 1.23 bits per heavy atom. The van der Waals surface area contributed by atoms with Gasteiger partial charge < -0.3 is 19.6 Å². The molecular formula is C24H30ClFN4O4Si. The van der Waals surface area contributed by atoms with E-state index in [-0.39, 0.29) is 22.5 Å².